The molecule has 0 atom stereocenters. The van der Waals surface area contributed by atoms with E-state index in [2.05, 4.69) is 9.73 Å². The summed E-state index contributed by atoms with van der Waals surface area (Å²) in [5, 5.41) is 21.0. The molecule has 0 saturated carbocycles. The normalized spacial score (nSPS) is 16.1. The Bertz CT molecular complexity index is 716. The zero-order chi connectivity index (χ0) is 15.6. The lowest BCUT2D eigenvalue weighted by molar-refractivity contribution is -0.385. The zero-order valence-corrected chi connectivity index (χ0v) is 11.4. The maximum Gasteiger partial charge on any atom is 0.343 e. The molecule has 1 aliphatic heterocycles. The van der Waals surface area contributed by atoms with Crippen LogP contribution in [0.1, 0.15) is 12.5 Å². The number of ether oxygens (including phenoxy) is 1. The van der Waals surface area contributed by atoms with Gasteiger partial charge in [0.2, 0.25) is 0 Å². The molecule has 0 amide bonds. The fourth-order valence-electron chi connectivity index (χ4n) is 1.96. The first-order chi connectivity index (χ1) is 9.95. The Balaban J connectivity index is 2.52. The van der Waals surface area contributed by atoms with Crippen LogP contribution in [0, 0.1) is 10.1 Å². The Labute approximate surface area is 120 Å². The number of esters is 1. The number of aliphatic hydroxyl groups is 1. The average Bonchev–Trinajstić information content (AvgIpc) is 2.73. The summed E-state index contributed by atoms with van der Waals surface area (Å²) in [6, 6.07) is 6.05. The van der Waals surface area contributed by atoms with Gasteiger partial charge in [-0.05, 0) is 19.1 Å². The lowest BCUT2D eigenvalue weighted by Gasteiger charge is -2.01. The van der Waals surface area contributed by atoms with Gasteiger partial charge in [-0.15, -0.1) is 0 Å². The minimum absolute atomic E-state index is 0.0395. The number of aliphatic hydroxyl groups excluding tert-OH is 1. The molecule has 21 heavy (non-hydrogen) atoms. The van der Waals surface area contributed by atoms with Crippen molar-refractivity contribution in [2.45, 2.75) is 6.92 Å². The molecule has 0 bridgehead atoms. The number of hydrogen-bond acceptors (Lipinski definition) is 6. The van der Waals surface area contributed by atoms with Gasteiger partial charge in [0.1, 0.15) is 11.3 Å². The number of carbonyl (C=O) groups is 1. The standard InChI is InChI=1S/C14H12N2O5/c1-8-12(14(18)21-2)13(17)10(15-8)7-9-5-3-4-6-11(9)16(19)20/h3-7,17H,1-2H3/b10-7+. The smallest absolute Gasteiger partial charge is 0.343 e. The molecular weight excluding hydrogens is 276 g/mol. The summed E-state index contributed by atoms with van der Waals surface area (Å²) in [7, 11) is 1.19. The second kappa shape index (κ2) is 5.58. The van der Waals surface area contributed by atoms with Crippen molar-refractivity contribution in [3.05, 3.63) is 57.0 Å². The Hall–Kier alpha value is -2.96. The summed E-state index contributed by atoms with van der Waals surface area (Å²) in [4.78, 5) is 26.0. The van der Waals surface area contributed by atoms with Gasteiger partial charge in [0.15, 0.2) is 5.76 Å². The number of carbonyl (C=O) groups excluding carboxylic acids is 1. The van der Waals surface area contributed by atoms with Gasteiger partial charge in [0.05, 0.1) is 23.3 Å². The van der Waals surface area contributed by atoms with E-state index in [-0.39, 0.29) is 28.3 Å². The fourth-order valence-corrected chi connectivity index (χ4v) is 1.96. The predicted molar refractivity (Wildman–Crippen MR) is 75.9 cm³/mol. The van der Waals surface area contributed by atoms with Crippen LogP contribution in [0.5, 0.6) is 0 Å². The van der Waals surface area contributed by atoms with Crippen LogP contribution in [-0.2, 0) is 9.53 Å². The van der Waals surface area contributed by atoms with E-state index in [1.165, 1.54) is 25.3 Å². The minimum Gasteiger partial charge on any atom is -0.505 e. The maximum atomic E-state index is 11.6. The molecule has 0 saturated heterocycles. The molecular formula is C14H12N2O5. The van der Waals surface area contributed by atoms with Crippen molar-refractivity contribution in [3.63, 3.8) is 0 Å². The average molecular weight is 288 g/mol. The summed E-state index contributed by atoms with van der Waals surface area (Å²) < 4.78 is 4.56. The molecule has 0 unspecified atom stereocenters. The lowest BCUT2D eigenvalue weighted by atomic mass is 10.1. The van der Waals surface area contributed by atoms with E-state index in [4.69, 9.17) is 0 Å². The first kappa shape index (κ1) is 14.4. The van der Waals surface area contributed by atoms with Gasteiger partial charge in [0, 0.05) is 6.07 Å². The van der Waals surface area contributed by atoms with E-state index < -0.39 is 10.9 Å². The van der Waals surface area contributed by atoms with Gasteiger partial charge in [-0.1, -0.05) is 12.1 Å². The van der Waals surface area contributed by atoms with Crippen LogP contribution < -0.4 is 0 Å². The fraction of sp³-hybridized carbons (Fsp3) is 0.143. The number of nitrogens with zero attached hydrogens (tertiary/aromatic N) is 2. The Kier molecular flexibility index (Phi) is 3.84. The Morgan fingerprint density at radius 1 is 1.43 bits per heavy atom. The number of para-hydroxylation sites is 1. The number of rotatable bonds is 3. The van der Waals surface area contributed by atoms with Crippen LogP contribution in [-0.4, -0.2) is 28.8 Å². The summed E-state index contributed by atoms with van der Waals surface area (Å²) in [6.45, 7) is 1.54. The van der Waals surface area contributed by atoms with Crippen LogP contribution in [0.25, 0.3) is 6.08 Å². The van der Waals surface area contributed by atoms with E-state index in [0.29, 0.717) is 5.71 Å². The maximum absolute atomic E-state index is 11.6. The minimum atomic E-state index is -0.709. The van der Waals surface area contributed by atoms with Crippen LogP contribution in [0.15, 0.2) is 46.3 Å². The van der Waals surface area contributed by atoms with Crippen LogP contribution in [0.3, 0.4) is 0 Å². The topological polar surface area (TPSA) is 102 Å². The Morgan fingerprint density at radius 3 is 2.71 bits per heavy atom. The van der Waals surface area contributed by atoms with E-state index >= 15 is 0 Å². The largest absolute Gasteiger partial charge is 0.505 e. The van der Waals surface area contributed by atoms with E-state index in [0.717, 1.165) is 0 Å². The molecule has 0 aromatic heterocycles. The number of hydrogen-bond donors (Lipinski definition) is 1. The molecule has 1 aliphatic rings. The highest BCUT2D eigenvalue weighted by Crippen LogP contribution is 2.28. The highest BCUT2D eigenvalue weighted by atomic mass is 16.6. The zero-order valence-electron chi connectivity index (χ0n) is 11.4. The number of nitro groups is 1. The van der Waals surface area contributed by atoms with Gasteiger partial charge >= 0.3 is 5.97 Å². The van der Waals surface area contributed by atoms with Crippen molar-refractivity contribution in [1.29, 1.82) is 0 Å². The van der Waals surface area contributed by atoms with E-state index in [1.54, 1.807) is 19.1 Å². The van der Waals surface area contributed by atoms with Gasteiger partial charge in [-0.2, -0.15) is 0 Å². The number of methoxy groups -OCH3 is 1. The second-order valence-electron chi connectivity index (χ2n) is 4.26. The lowest BCUT2D eigenvalue weighted by Crippen LogP contribution is -2.11. The molecule has 7 nitrogen and oxygen atoms in total. The van der Waals surface area contributed by atoms with Crippen LogP contribution in [0.4, 0.5) is 5.69 Å². The number of nitro benzene ring substituents is 1. The Morgan fingerprint density at radius 2 is 2.10 bits per heavy atom. The number of aliphatic imine (C=N–C) groups is 1. The molecule has 1 aromatic rings. The highest BCUT2D eigenvalue weighted by Gasteiger charge is 2.27. The van der Waals surface area contributed by atoms with Crippen molar-refractivity contribution in [3.8, 4) is 0 Å². The predicted octanol–water partition coefficient (Wildman–Crippen LogP) is 2.40. The van der Waals surface area contributed by atoms with Gasteiger partial charge in [-0.3, -0.25) is 10.1 Å². The van der Waals surface area contributed by atoms with Crippen molar-refractivity contribution in [1.82, 2.24) is 0 Å². The molecule has 0 spiro atoms. The molecule has 1 aromatic carbocycles. The molecule has 1 heterocycles. The molecule has 0 aliphatic carbocycles. The van der Waals surface area contributed by atoms with E-state index in [1.807, 2.05) is 0 Å². The van der Waals surface area contributed by atoms with Gasteiger partial charge in [-0.25, -0.2) is 9.79 Å². The third-order valence-corrected chi connectivity index (χ3v) is 2.94. The van der Waals surface area contributed by atoms with E-state index in [9.17, 15) is 20.0 Å². The molecule has 2 rings (SSSR count). The summed E-state index contributed by atoms with van der Waals surface area (Å²) in [5.41, 5.74) is 0.512. The molecule has 7 heteroatoms. The summed E-state index contributed by atoms with van der Waals surface area (Å²) >= 11 is 0. The van der Waals surface area contributed by atoms with Crippen LogP contribution in [0.2, 0.25) is 0 Å². The number of benzene rings is 1. The van der Waals surface area contributed by atoms with Crippen molar-refractivity contribution in [2.24, 2.45) is 4.99 Å². The molecule has 1 N–H and O–H groups in total. The third kappa shape index (κ3) is 2.66. The van der Waals surface area contributed by atoms with Crippen LogP contribution >= 0.6 is 0 Å². The second-order valence-corrected chi connectivity index (χ2v) is 4.26. The highest BCUT2D eigenvalue weighted by molar-refractivity contribution is 6.22. The van der Waals surface area contributed by atoms with Crippen molar-refractivity contribution >= 4 is 23.4 Å². The van der Waals surface area contributed by atoms with Gasteiger partial charge in [0.25, 0.3) is 5.69 Å². The molecule has 0 radical (unpaired) electrons. The third-order valence-electron chi connectivity index (χ3n) is 2.94. The first-order valence-corrected chi connectivity index (χ1v) is 5.98. The first-order valence-electron chi connectivity index (χ1n) is 5.98. The van der Waals surface area contributed by atoms with Crippen molar-refractivity contribution in [2.75, 3.05) is 7.11 Å². The summed E-state index contributed by atoms with van der Waals surface area (Å²) in [5.74, 6) is -1.06. The SMILES string of the molecule is COC(=O)C1=C(O)/C(=C\c2ccccc2[N+](=O)[O-])N=C1C. The van der Waals surface area contributed by atoms with Crippen molar-refractivity contribution < 1.29 is 19.6 Å². The van der Waals surface area contributed by atoms with Gasteiger partial charge < -0.3 is 9.84 Å². The monoisotopic (exact) mass is 288 g/mol. The molecule has 0 fully saturated rings. The molecule has 108 valence electrons. The summed E-state index contributed by atoms with van der Waals surface area (Å²) in [6.07, 6.45) is 1.35. The quantitative estimate of drug-likeness (QED) is 0.522.